The van der Waals surface area contributed by atoms with Crippen LogP contribution < -0.4 is 0 Å². The fraction of sp³-hybridized carbons (Fsp3) is 0.833. The molecule has 0 aromatic rings. The molecule has 0 radical (unpaired) electrons. The zero-order valence-electron chi connectivity index (χ0n) is 10.1. The zero-order valence-corrected chi connectivity index (χ0v) is 10.1. The van der Waals surface area contributed by atoms with Gasteiger partial charge in [-0.25, -0.2) is 0 Å². The molecule has 4 nitrogen and oxygen atoms in total. The second-order valence-electron chi connectivity index (χ2n) is 4.89. The van der Waals surface area contributed by atoms with Crippen molar-refractivity contribution >= 4 is 11.8 Å². The van der Waals surface area contributed by atoms with E-state index in [1.54, 1.807) is 13.8 Å². The summed E-state index contributed by atoms with van der Waals surface area (Å²) in [6.45, 7) is 4.88. The van der Waals surface area contributed by atoms with Gasteiger partial charge < -0.3 is 9.80 Å². The Bertz CT molecular complexity index is 291. The molecule has 0 aromatic carbocycles. The van der Waals surface area contributed by atoms with E-state index >= 15 is 0 Å². The Morgan fingerprint density at radius 3 is 1.88 bits per heavy atom. The molecule has 0 bridgehead atoms. The number of nitrogens with zero attached hydrogens (tertiary/aromatic N) is 2. The first kappa shape index (κ1) is 11.4. The molecule has 1 saturated heterocycles. The second kappa shape index (κ2) is 4.44. The molecule has 2 amide bonds. The van der Waals surface area contributed by atoms with E-state index in [0.29, 0.717) is 12.1 Å². The van der Waals surface area contributed by atoms with Crippen molar-refractivity contribution in [1.82, 2.24) is 9.80 Å². The highest BCUT2D eigenvalue weighted by atomic mass is 16.2. The van der Waals surface area contributed by atoms with Crippen molar-refractivity contribution < 1.29 is 9.59 Å². The van der Waals surface area contributed by atoms with E-state index in [-0.39, 0.29) is 11.8 Å². The van der Waals surface area contributed by atoms with Crippen LogP contribution in [0.2, 0.25) is 0 Å². The number of rotatable bonds is 2. The molecular weight excluding hydrogens is 204 g/mol. The van der Waals surface area contributed by atoms with Gasteiger partial charge in [0.25, 0.3) is 0 Å². The van der Waals surface area contributed by atoms with E-state index in [1.807, 2.05) is 4.90 Å². The summed E-state index contributed by atoms with van der Waals surface area (Å²) in [6.07, 6.45) is 4.20. The lowest BCUT2D eigenvalue weighted by molar-refractivity contribution is -0.134. The number of hydrogen-bond donors (Lipinski definition) is 0. The van der Waals surface area contributed by atoms with Gasteiger partial charge in [0.05, 0.1) is 0 Å². The van der Waals surface area contributed by atoms with Gasteiger partial charge in [-0.1, -0.05) is 0 Å². The summed E-state index contributed by atoms with van der Waals surface area (Å²) < 4.78 is 0. The Morgan fingerprint density at radius 2 is 1.50 bits per heavy atom. The highest BCUT2D eigenvalue weighted by Gasteiger charge is 2.37. The van der Waals surface area contributed by atoms with Crippen LogP contribution in [0.3, 0.4) is 0 Å². The maximum atomic E-state index is 11.6. The van der Waals surface area contributed by atoms with Gasteiger partial charge in [0.15, 0.2) is 0 Å². The quantitative estimate of drug-likeness (QED) is 0.702. The van der Waals surface area contributed by atoms with Gasteiger partial charge in [0, 0.05) is 39.0 Å². The molecule has 4 heteroatoms. The largest absolute Gasteiger partial charge is 0.343 e. The predicted octanol–water partition coefficient (Wildman–Crippen LogP) is 1.01. The van der Waals surface area contributed by atoms with Crippen LogP contribution in [-0.4, -0.2) is 46.8 Å². The minimum atomic E-state index is 0.152. The van der Waals surface area contributed by atoms with Crippen LogP contribution in [0.15, 0.2) is 0 Å². The number of amides is 2. The third kappa shape index (κ3) is 2.36. The van der Waals surface area contributed by atoms with Crippen LogP contribution in [0, 0.1) is 0 Å². The van der Waals surface area contributed by atoms with Gasteiger partial charge in [-0.3, -0.25) is 9.59 Å². The van der Waals surface area contributed by atoms with E-state index in [2.05, 4.69) is 4.90 Å². The predicted molar refractivity (Wildman–Crippen MR) is 60.8 cm³/mol. The summed E-state index contributed by atoms with van der Waals surface area (Å²) in [6, 6.07) is 0.854. The summed E-state index contributed by atoms with van der Waals surface area (Å²) in [5.41, 5.74) is 0. The van der Waals surface area contributed by atoms with Crippen molar-refractivity contribution in [3.63, 3.8) is 0 Å². The molecule has 2 fully saturated rings. The fourth-order valence-corrected chi connectivity index (χ4v) is 2.62. The molecule has 0 spiro atoms. The maximum Gasteiger partial charge on any atom is 0.219 e. The van der Waals surface area contributed by atoms with Crippen molar-refractivity contribution in [2.75, 3.05) is 13.1 Å². The summed E-state index contributed by atoms with van der Waals surface area (Å²) in [5.74, 6) is 0.350. The van der Waals surface area contributed by atoms with Crippen molar-refractivity contribution in [3.05, 3.63) is 0 Å². The van der Waals surface area contributed by atoms with Crippen molar-refractivity contribution in [3.8, 4) is 0 Å². The van der Waals surface area contributed by atoms with Crippen LogP contribution in [0.25, 0.3) is 0 Å². The van der Waals surface area contributed by atoms with Crippen LogP contribution >= 0.6 is 0 Å². The first-order valence-corrected chi connectivity index (χ1v) is 6.14. The molecule has 0 aromatic heterocycles. The zero-order chi connectivity index (χ0) is 11.7. The first-order valence-electron chi connectivity index (χ1n) is 6.14. The van der Waals surface area contributed by atoms with Gasteiger partial charge in [-0.2, -0.15) is 0 Å². The Kier molecular flexibility index (Phi) is 3.17. The SMILES string of the molecule is CC(=O)N1CCC(N(C(C)=O)C2CC2)CC1. The molecular formula is C12H20N2O2. The highest BCUT2D eigenvalue weighted by Crippen LogP contribution is 2.31. The second-order valence-corrected chi connectivity index (χ2v) is 4.89. The molecule has 2 rings (SSSR count). The number of carbonyl (C=O) groups excluding carboxylic acids is 2. The van der Waals surface area contributed by atoms with Crippen LogP contribution in [0.5, 0.6) is 0 Å². The van der Waals surface area contributed by atoms with Crippen LogP contribution in [0.1, 0.15) is 39.5 Å². The molecule has 0 atom stereocenters. The monoisotopic (exact) mass is 224 g/mol. The molecule has 1 heterocycles. The average Bonchev–Trinajstić information content (AvgIpc) is 3.02. The molecule has 1 saturated carbocycles. The Morgan fingerprint density at radius 1 is 1.00 bits per heavy atom. The van der Waals surface area contributed by atoms with E-state index in [1.165, 1.54) is 0 Å². The van der Waals surface area contributed by atoms with E-state index < -0.39 is 0 Å². The normalized spacial score (nSPS) is 22.0. The minimum Gasteiger partial charge on any atom is -0.343 e. The third-order valence-corrected chi connectivity index (χ3v) is 3.61. The smallest absolute Gasteiger partial charge is 0.219 e. The highest BCUT2D eigenvalue weighted by molar-refractivity contribution is 5.75. The van der Waals surface area contributed by atoms with E-state index in [4.69, 9.17) is 0 Å². The van der Waals surface area contributed by atoms with E-state index in [0.717, 1.165) is 38.8 Å². The summed E-state index contributed by atoms with van der Waals surface area (Å²) in [5, 5.41) is 0. The fourth-order valence-electron chi connectivity index (χ4n) is 2.62. The van der Waals surface area contributed by atoms with Gasteiger partial charge in [-0.15, -0.1) is 0 Å². The third-order valence-electron chi connectivity index (χ3n) is 3.61. The Hall–Kier alpha value is -1.06. The molecule has 1 aliphatic heterocycles. The van der Waals surface area contributed by atoms with Crippen molar-refractivity contribution in [2.45, 2.75) is 51.6 Å². The lowest BCUT2D eigenvalue weighted by Gasteiger charge is -2.38. The Balaban J connectivity index is 1.91. The lowest BCUT2D eigenvalue weighted by atomic mass is 10.0. The van der Waals surface area contributed by atoms with Gasteiger partial charge >= 0.3 is 0 Å². The minimum absolute atomic E-state index is 0.152. The summed E-state index contributed by atoms with van der Waals surface area (Å²) >= 11 is 0. The van der Waals surface area contributed by atoms with Crippen LogP contribution in [-0.2, 0) is 9.59 Å². The van der Waals surface area contributed by atoms with Gasteiger partial charge in [0.1, 0.15) is 0 Å². The molecule has 16 heavy (non-hydrogen) atoms. The number of likely N-dealkylation sites (tertiary alicyclic amines) is 1. The van der Waals surface area contributed by atoms with Crippen molar-refractivity contribution in [1.29, 1.82) is 0 Å². The van der Waals surface area contributed by atoms with Gasteiger partial charge in [-0.05, 0) is 25.7 Å². The first-order chi connectivity index (χ1) is 7.59. The number of piperidine rings is 1. The molecule has 2 aliphatic rings. The molecule has 90 valence electrons. The van der Waals surface area contributed by atoms with Crippen molar-refractivity contribution in [2.24, 2.45) is 0 Å². The maximum absolute atomic E-state index is 11.6. The average molecular weight is 224 g/mol. The summed E-state index contributed by atoms with van der Waals surface area (Å²) in [7, 11) is 0. The molecule has 0 N–H and O–H groups in total. The molecule has 1 aliphatic carbocycles. The van der Waals surface area contributed by atoms with Gasteiger partial charge in [0.2, 0.25) is 11.8 Å². The Labute approximate surface area is 96.6 Å². The lowest BCUT2D eigenvalue weighted by Crippen LogP contribution is -2.48. The summed E-state index contributed by atoms with van der Waals surface area (Å²) in [4.78, 5) is 26.7. The topological polar surface area (TPSA) is 40.6 Å². The standard InChI is InChI=1S/C12H20N2O2/c1-9(15)13-7-5-12(6-8-13)14(10(2)16)11-3-4-11/h11-12H,3-8H2,1-2H3. The van der Waals surface area contributed by atoms with E-state index in [9.17, 15) is 9.59 Å². The van der Waals surface area contributed by atoms with Crippen LogP contribution in [0.4, 0.5) is 0 Å². The number of carbonyl (C=O) groups is 2. The molecule has 0 unspecified atom stereocenters. The number of hydrogen-bond acceptors (Lipinski definition) is 2.